The van der Waals surface area contributed by atoms with Crippen molar-refractivity contribution in [3.05, 3.63) is 29.8 Å². The van der Waals surface area contributed by atoms with Crippen molar-refractivity contribution >= 4 is 5.69 Å². The van der Waals surface area contributed by atoms with E-state index in [2.05, 4.69) is 30.1 Å². The van der Waals surface area contributed by atoms with Gasteiger partial charge in [-0.25, -0.2) is 0 Å². The van der Waals surface area contributed by atoms with Crippen LogP contribution in [0, 0.1) is 17.8 Å². The third kappa shape index (κ3) is 2.58. The van der Waals surface area contributed by atoms with E-state index in [0.717, 1.165) is 36.3 Å². The molecule has 0 spiro atoms. The molecule has 4 atom stereocenters. The monoisotopic (exact) mass is 273 g/mol. The lowest BCUT2D eigenvalue weighted by Gasteiger charge is -2.30. The van der Waals surface area contributed by atoms with Gasteiger partial charge in [0.2, 0.25) is 0 Å². The highest BCUT2D eigenvalue weighted by atomic mass is 16.3. The minimum absolute atomic E-state index is 0.339. The zero-order valence-electron chi connectivity index (χ0n) is 12.8. The Morgan fingerprint density at radius 3 is 2.70 bits per heavy atom. The van der Waals surface area contributed by atoms with Crippen LogP contribution in [0.1, 0.15) is 50.7 Å². The molecule has 2 aliphatic rings. The molecule has 0 aromatic heterocycles. The molecule has 2 bridgehead atoms. The second kappa shape index (κ2) is 5.77. The third-order valence-corrected chi connectivity index (χ3v) is 5.49. The first-order valence-electron chi connectivity index (χ1n) is 8.17. The molecule has 2 aliphatic carbocycles. The fourth-order valence-electron chi connectivity index (χ4n) is 4.39. The van der Waals surface area contributed by atoms with Crippen LogP contribution in [0.4, 0.5) is 5.69 Å². The molecular formula is C18H27NO. The lowest BCUT2D eigenvalue weighted by Crippen LogP contribution is -2.29. The molecule has 1 aromatic carbocycles. The van der Waals surface area contributed by atoms with E-state index in [4.69, 9.17) is 0 Å². The average molecular weight is 273 g/mol. The third-order valence-electron chi connectivity index (χ3n) is 5.49. The van der Waals surface area contributed by atoms with Gasteiger partial charge in [-0.05, 0) is 49.5 Å². The van der Waals surface area contributed by atoms with E-state index in [9.17, 15) is 5.11 Å². The quantitative estimate of drug-likeness (QED) is 0.876. The summed E-state index contributed by atoms with van der Waals surface area (Å²) in [5, 5.41) is 10.2. The second-order valence-electron chi connectivity index (χ2n) is 6.80. The Morgan fingerprint density at radius 2 is 2.05 bits per heavy atom. The Morgan fingerprint density at radius 1 is 1.25 bits per heavy atom. The van der Waals surface area contributed by atoms with Crippen molar-refractivity contribution in [2.45, 2.75) is 45.1 Å². The van der Waals surface area contributed by atoms with E-state index in [1.54, 1.807) is 0 Å². The van der Waals surface area contributed by atoms with E-state index in [-0.39, 0.29) is 6.10 Å². The number of anilines is 1. The number of rotatable bonds is 5. The second-order valence-corrected chi connectivity index (χ2v) is 6.80. The summed E-state index contributed by atoms with van der Waals surface area (Å²) in [5.41, 5.74) is 2.30. The number of aliphatic hydroxyl groups is 1. The molecule has 20 heavy (non-hydrogen) atoms. The van der Waals surface area contributed by atoms with E-state index >= 15 is 0 Å². The summed E-state index contributed by atoms with van der Waals surface area (Å²) in [5.74, 6) is 2.84. The van der Waals surface area contributed by atoms with E-state index in [1.807, 2.05) is 13.0 Å². The molecule has 1 N–H and O–H groups in total. The zero-order valence-corrected chi connectivity index (χ0v) is 12.8. The number of aliphatic hydroxyl groups excluding tert-OH is 1. The van der Waals surface area contributed by atoms with Crippen LogP contribution in [0.5, 0.6) is 0 Å². The highest BCUT2D eigenvalue weighted by molar-refractivity contribution is 5.54. The maximum absolute atomic E-state index is 10.2. The Labute approximate surface area is 122 Å². The first kappa shape index (κ1) is 13.9. The van der Waals surface area contributed by atoms with Crippen molar-refractivity contribution in [3.8, 4) is 0 Å². The molecule has 2 heteroatoms. The number of fused-ring (bicyclic) bond motifs is 2. The predicted molar refractivity (Wildman–Crippen MR) is 83.9 cm³/mol. The summed E-state index contributed by atoms with van der Waals surface area (Å²) in [6, 6.07) is 8.34. The first-order valence-corrected chi connectivity index (χ1v) is 8.17. The van der Waals surface area contributed by atoms with Crippen LogP contribution in [0.25, 0.3) is 0 Å². The van der Waals surface area contributed by atoms with Gasteiger partial charge in [0.25, 0.3) is 0 Å². The molecule has 110 valence electrons. The molecule has 0 saturated heterocycles. The smallest absolute Gasteiger partial charge is 0.0807 e. The SMILES string of the molecule is CC[C@@H](O)c1ccccc1N(C)CC1CC2CCC1C2. The Balaban J connectivity index is 1.72. The highest BCUT2D eigenvalue weighted by Crippen LogP contribution is 2.48. The van der Waals surface area contributed by atoms with Gasteiger partial charge < -0.3 is 10.0 Å². The van der Waals surface area contributed by atoms with Crippen LogP contribution in [0.2, 0.25) is 0 Å². The number of nitrogens with zero attached hydrogens (tertiary/aromatic N) is 1. The van der Waals surface area contributed by atoms with Gasteiger partial charge in [0.1, 0.15) is 0 Å². The van der Waals surface area contributed by atoms with Crippen molar-refractivity contribution in [2.24, 2.45) is 17.8 Å². The van der Waals surface area contributed by atoms with Crippen LogP contribution in [-0.4, -0.2) is 18.7 Å². The van der Waals surface area contributed by atoms with E-state index < -0.39 is 0 Å². The lowest BCUT2D eigenvalue weighted by molar-refractivity contribution is 0.174. The fourth-order valence-corrected chi connectivity index (χ4v) is 4.39. The summed E-state index contributed by atoms with van der Waals surface area (Å²) in [4.78, 5) is 2.37. The molecule has 0 amide bonds. The Kier molecular flexibility index (Phi) is 4.02. The van der Waals surface area contributed by atoms with E-state index in [0.29, 0.717) is 0 Å². The lowest BCUT2D eigenvalue weighted by atomic mass is 9.88. The van der Waals surface area contributed by atoms with Crippen molar-refractivity contribution in [1.29, 1.82) is 0 Å². The molecule has 0 heterocycles. The number of hydrogen-bond donors (Lipinski definition) is 1. The summed E-state index contributed by atoms with van der Waals surface area (Å²) >= 11 is 0. The van der Waals surface area contributed by atoms with Crippen LogP contribution in [-0.2, 0) is 0 Å². The molecule has 3 unspecified atom stereocenters. The van der Waals surface area contributed by atoms with Crippen LogP contribution >= 0.6 is 0 Å². The molecule has 0 radical (unpaired) electrons. The van der Waals surface area contributed by atoms with Crippen LogP contribution in [0.15, 0.2) is 24.3 Å². The number of para-hydroxylation sites is 1. The van der Waals surface area contributed by atoms with E-state index in [1.165, 1.54) is 31.4 Å². The standard InChI is InChI=1S/C18H27NO/c1-3-18(20)16-6-4-5-7-17(16)19(2)12-15-11-13-8-9-14(15)10-13/h4-7,13-15,18,20H,3,8-12H2,1-2H3/t13?,14?,15?,18-/m1/s1. The maximum atomic E-state index is 10.2. The topological polar surface area (TPSA) is 23.5 Å². The van der Waals surface area contributed by atoms with Gasteiger partial charge in [-0.15, -0.1) is 0 Å². The molecule has 1 aromatic rings. The van der Waals surface area contributed by atoms with Crippen LogP contribution in [0.3, 0.4) is 0 Å². The van der Waals surface area contributed by atoms with Gasteiger partial charge in [0.05, 0.1) is 6.10 Å². The molecule has 2 nitrogen and oxygen atoms in total. The van der Waals surface area contributed by atoms with Crippen molar-refractivity contribution < 1.29 is 5.11 Å². The fraction of sp³-hybridized carbons (Fsp3) is 0.667. The molecule has 3 rings (SSSR count). The number of benzene rings is 1. The molecule has 2 saturated carbocycles. The number of hydrogen-bond acceptors (Lipinski definition) is 2. The van der Waals surface area contributed by atoms with Crippen molar-refractivity contribution in [2.75, 3.05) is 18.5 Å². The first-order chi connectivity index (χ1) is 9.69. The largest absolute Gasteiger partial charge is 0.388 e. The van der Waals surface area contributed by atoms with Gasteiger partial charge in [-0.1, -0.05) is 31.5 Å². The minimum atomic E-state index is -0.339. The Hall–Kier alpha value is -1.02. The summed E-state index contributed by atoms with van der Waals surface area (Å²) in [6.45, 7) is 3.19. The van der Waals surface area contributed by atoms with Crippen molar-refractivity contribution in [1.82, 2.24) is 0 Å². The van der Waals surface area contributed by atoms with Gasteiger partial charge in [-0.2, -0.15) is 0 Å². The van der Waals surface area contributed by atoms with Crippen LogP contribution < -0.4 is 4.90 Å². The van der Waals surface area contributed by atoms with Gasteiger partial charge in [0.15, 0.2) is 0 Å². The zero-order chi connectivity index (χ0) is 14.1. The molecular weight excluding hydrogens is 246 g/mol. The van der Waals surface area contributed by atoms with Gasteiger partial charge in [0, 0.05) is 24.8 Å². The summed E-state index contributed by atoms with van der Waals surface area (Å²) in [7, 11) is 2.19. The highest BCUT2D eigenvalue weighted by Gasteiger charge is 2.39. The summed E-state index contributed by atoms with van der Waals surface area (Å²) < 4.78 is 0. The Bertz CT molecular complexity index is 458. The van der Waals surface area contributed by atoms with Gasteiger partial charge in [-0.3, -0.25) is 0 Å². The average Bonchev–Trinajstić information content (AvgIpc) is 3.09. The minimum Gasteiger partial charge on any atom is -0.388 e. The van der Waals surface area contributed by atoms with Crippen molar-refractivity contribution in [3.63, 3.8) is 0 Å². The predicted octanol–water partition coefficient (Wildman–Crippen LogP) is 4.00. The summed E-state index contributed by atoms with van der Waals surface area (Å²) in [6.07, 6.45) is 6.25. The molecule has 2 fully saturated rings. The molecule has 0 aliphatic heterocycles. The normalized spacial score (nSPS) is 29.6. The van der Waals surface area contributed by atoms with Gasteiger partial charge >= 0.3 is 0 Å². The maximum Gasteiger partial charge on any atom is 0.0807 e.